The van der Waals surface area contributed by atoms with Crippen LogP contribution in [0.5, 0.6) is 0 Å². The summed E-state index contributed by atoms with van der Waals surface area (Å²) < 4.78 is 2.26. The number of Topliss-reactive ketones (excluding diaryl/α,β-unsaturated/α-hetero) is 1. The van der Waals surface area contributed by atoms with E-state index in [1.807, 2.05) is 0 Å². The zero-order valence-corrected chi connectivity index (χ0v) is 12.5. The first-order chi connectivity index (χ1) is 9.04. The lowest BCUT2D eigenvalue weighted by atomic mass is 9.72. The van der Waals surface area contributed by atoms with Gasteiger partial charge in [0.05, 0.1) is 0 Å². The highest BCUT2D eigenvalue weighted by Crippen LogP contribution is 2.38. The lowest BCUT2D eigenvalue weighted by molar-refractivity contribution is 0.0702. The molecular weight excluding hydrogens is 236 g/mol. The van der Waals surface area contributed by atoms with Crippen LogP contribution in [0.15, 0.2) is 0 Å². The SMILES string of the molecule is CCc1c2c(n(C)c1C)CC1CCN(C)CC1C2=O. The summed E-state index contributed by atoms with van der Waals surface area (Å²) in [4.78, 5) is 15.2. The van der Waals surface area contributed by atoms with Crippen LogP contribution in [-0.2, 0) is 19.9 Å². The van der Waals surface area contributed by atoms with Crippen LogP contribution < -0.4 is 0 Å². The van der Waals surface area contributed by atoms with Gasteiger partial charge in [0, 0.05) is 36.5 Å². The maximum Gasteiger partial charge on any atom is 0.169 e. The second-order valence-electron chi connectivity index (χ2n) is 6.28. The normalized spacial score (nSPS) is 27.3. The number of hydrogen-bond donors (Lipinski definition) is 0. The van der Waals surface area contributed by atoms with Gasteiger partial charge in [-0.25, -0.2) is 0 Å². The number of hydrogen-bond acceptors (Lipinski definition) is 2. The van der Waals surface area contributed by atoms with E-state index in [1.54, 1.807) is 0 Å². The van der Waals surface area contributed by atoms with Crippen LogP contribution in [0.4, 0.5) is 0 Å². The number of likely N-dealkylation sites (tertiary alicyclic amines) is 1. The molecule has 3 heteroatoms. The van der Waals surface area contributed by atoms with Crippen molar-refractivity contribution in [3.63, 3.8) is 0 Å². The van der Waals surface area contributed by atoms with Crippen LogP contribution in [0.2, 0.25) is 0 Å². The molecular formula is C16H24N2O. The quantitative estimate of drug-likeness (QED) is 0.773. The van der Waals surface area contributed by atoms with E-state index in [2.05, 4.69) is 37.4 Å². The molecule has 0 amide bonds. The molecule has 1 aliphatic carbocycles. The summed E-state index contributed by atoms with van der Waals surface area (Å²) in [5.74, 6) is 1.21. The number of nitrogens with zero attached hydrogens (tertiary/aromatic N) is 2. The summed E-state index contributed by atoms with van der Waals surface area (Å²) in [7, 11) is 4.26. The number of aromatic nitrogens is 1. The molecule has 1 aromatic rings. The Morgan fingerprint density at radius 2 is 2.05 bits per heavy atom. The molecule has 19 heavy (non-hydrogen) atoms. The second kappa shape index (κ2) is 4.48. The van der Waals surface area contributed by atoms with Crippen LogP contribution in [0.1, 0.15) is 40.7 Å². The van der Waals surface area contributed by atoms with Crippen molar-refractivity contribution in [3.05, 3.63) is 22.5 Å². The molecule has 2 atom stereocenters. The Morgan fingerprint density at radius 3 is 2.74 bits per heavy atom. The highest BCUT2D eigenvalue weighted by atomic mass is 16.1. The van der Waals surface area contributed by atoms with Gasteiger partial charge in [-0.05, 0) is 51.3 Å². The van der Waals surface area contributed by atoms with Gasteiger partial charge >= 0.3 is 0 Å². The third-order valence-corrected chi connectivity index (χ3v) is 5.29. The minimum absolute atomic E-state index is 0.235. The van der Waals surface area contributed by atoms with Crippen molar-refractivity contribution in [2.24, 2.45) is 18.9 Å². The Morgan fingerprint density at radius 1 is 1.32 bits per heavy atom. The maximum atomic E-state index is 12.9. The Kier molecular flexibility index (Phi) is 3.05. The van der Waals surface area contributed by atoms with E-state index >= 15 is 0 Å². The first-order valence-corrected chi connectivity index (χ1v) is 7.44. The molecule has 2 aliphatic rings. The van der Waals surface area contributed by atoms with Gasteiger partial charge < -0.3 is 9.47 Å². The first kappa shape index (κ1) is 12.9. The monoisotopic (exact) mass is 260 g/mol. The molecule has 0 aromatic carbocycles. The Bertz CT molecular complexity index is 529. The standard InChI is InChI=1S/C16H24N2O/c1-5-12-10(2)18(4)14-8-11-6-7-17(3)9-13(11)16(19)15(12)14/h11,13H,5-9H2,1-4H3. The van der Waals surface area contributed by atoms with Gasteiger partial charge in [0.1, 0.15) is 0 Å². The largest absolute Gasteiger partial charge is 0.351 e. The molecule has 0 N–H and O–H groups in total. The molecule has 0 bridgehead atoms. The van der Waals surface area contributed by atoms with Gasteiger partial charge in [-0.2, -0.15) is 0 Å². The minimum Gasteiger partial charge on any atom is -0.351 e. The third kappa shape index (κ3) is 1.78. The molecule has 0 saturated carbocycles. The third-order valence-electron chi connectivity index (χ3n) is 5.29. The molecule has 0 radical (unpaired) electrons. The van der Waals surface area contributed by atoms with Crippen molar-refractivity contribution in [1.29, 1.82) is 0 Å². The Balaban J connectivity index is 2.09. The average molecular weight is 260 g/mol. The molecule has 104 valence electrons. The number of carbonyl (C=O) groups is 1. The van der Waals surface area contributed by atoms with Crippen molar-refractivity contribution < 1.29 is 4.79 Å². The fourth-order valence-electron chi connectivity index (χ4n) is 4.03. The number of ketones is 1. The van der Waals surface area contributed by atoms with E-state index < -0.39 is 0 Å². The second-order valence-corrected chi connectivity index (χ2v) is 6.28. The van der Waals surface area contributed by atoms with Crippen LogP contribution >= 0.6 is 0 Å². The number of carbonyl (C=O) groups excluding carboxylic acids is 1. The zero-order valence-electron chi connectivity index (χ0n) is 12.5. The van der Waals surface area contributed by atoms with Gasteiger partial charge in [0.15, 0.2) is 5.78 Å². The van der Waals surface area contributed by atoms with E-state index in [0.29, 0.717) is 11.7 Å². The smallest absolute Gasteiger partial charge is 0.169 e. The fraction of sp³-hybridized carbons (Fsp3) is 0.688. The fourth-order valence-corrected chi connectivity index (χ4v) is 4.03. The molecule has 2 heterocycles. The lowest BCUT2D eigenvalue weighted by Crippen LogP contribution is -2.45. The van der Waals surface area contributed by atoms with E-state index in [1.165, 1.54) is 17.0 Å². The van der Waals surface area contributed by atoms with E-state index in [4.69, 9.17) is 0 Å². The van der Waals surface area contributed by atoms with Crippen molar-refractivity contribution in [2.45, 2.75) is 33.1 Å². The molecule has 0 spiro atoms. The zero-order chi connectivity index (χ0) is 13.7. The van der Waals surface area contributed by atoms with Gasteiger partial charge in [-0.1, -0.05) is 6.92 Å². The predicted molar refractivity (Wildman–Crippen MR) is 76.7 cm³/mol. The molecule has 2 unspecified atom stereocenters. The summed E-state index contributed by atoms with van der Waals surface area (Å²) in [5.41, 5.74) is 4.94. The van der Waals surface area contributed by atoms with E-state index in [9.17, 15) is 4.79 Å². The Labute approximate surface area is 115 Å². The minimum atomic E-state index is 0.235. The number of piperidine rings is 1. The summed E-state index contributed by atoms with van der Waals surface area (Å²) in [6, 6.07) is 0. The maximum absolute atomic E-state index is 12.9. The molecule has 1 aromatic heterocycles. The predicted octanol–water partition coefficient (Wildman–Crippen LogP) is 2.20. The van der Waals surface area contributed by atoms with Crippen LogP contribution in [0.3, 0.4) is 0 Å². The Hall–Kier alpha value is -1.09. The number of fused-ring (bicyclic) bond motifs is 2. The molecule has 3 rings (SSSR count). The molecule has 1 aliphatic heterocycles. The average Bonchev–Trinajstić information content (AvgIpc) is 2.64. The lowest BCUT2D eigenvalue weighted by Gasteiger charge is -2.39. The first-order valence-electron chi connectivity index (χ1n) is 7.44. The van der Waals surface area contributed by atoms with Crippen molar-refractivity contribution in [3.8, 4) is 0 Å². The summed E-state index contributed by atoms with van der Waals surface area (Å²) in [6.45, 7) is 6.39. The highest BCUT2D eigenvalue weighted by Gasteiger charge is 2.41. The van der Waals surface area contributed by atoms with E-state index in [0.717, 1.165) is 37.9 Å². The van der Waals surface area contributed by atoms with Gasteiger partial charge in [0.25, 0.3) is 0 Å². The molecule has 1 fully saturated rings. The van der Waals surface area contributed by atoms with Crippen LogP contribution in [-0.4, -0.2) is 35.4 Å². The van der Waals surface area contributed by atoms with Crippen molar-refractivity contribution in [2.75, 3.05) is 20.1 Å². The van der Waals surface area contributed by atoms with Gasteiger partial charge in [-0.3, -0.25) is 4.79 Å². The van der Waals surface area contributed by atoms with E-state index in [-0.39, 0.29) is 5.92 Å². The highest BCUT2D eigenvalue weighted by molar-refractivity contribution is 6.02. The number of rotatable bonds is 1. The van der Waals surface area contributed by atoms with Crippen LogP contribution in [0.25, 0.3) is 0 Å². The van der Waals surface area contributed by atoms with Gasteiger partial charge in [0.2, 0.25) is 0 Å². The molecule has 3 nitrogen and oxygen atoms in total. The summed E-state index contributed by atoms with van der Waals surface area (Å²) in [5, 5.41) is 0. The summed E-state index contributed by atoms with van der Waals surface area (Å²) in [6.07, 6.45) is 3.23. The van der Waals surface area contributed by atoms with Crippen LogP contribution in [0, 0.1) is 18.8 Å². The molecule has 1 saturated heterocycles. The van der Waals surface area contributed by atoms with Gasteiger partial charge in [-0.15, -0.1) is 0 Å². The van der Waals surface area contributed by atoms with Crippen molar-refractivity contribution >= 4 is 5.78 Å². The summed E-state index contributed by atoms with van der Waals surface area (Å²) >= 11 is 0. The van der Waals surface area contributed by atoms with Crippen molar-refractivity contribution in [1.82, 2.24) is 9.47 Å². The topological polar surface area (TPSA) is 25.2 Å².